The molecule has 11 aromatic carbocycles. The minimum absolute atomic E-state index is 0.131. The zero-order chi connectivity index (χ0) is 65.4. The van der Waals surface area contributed by atoms with Gasteiger partial charge >= 0.3 is 0 Å². The van der Waals surface area contributed by atoms with Gasteiger partial charge in [-0.2, -0.15) is 0 Å². The molecule has 446 valence electrons. The quantitative estimate of drug-likeness (QED) is 0.173. The Balaban J connectivity index is 1.05. The molecule has 2 spiro atoms. The lowest BCUT2D eigenvalue weighted by molar-refractivity contribution is 0.409. The minimum Gasteiger partial charge on any atom is -0.457 e. The number of nitrogens with zero attached hydrogens (tertiary/aromatic N) is 4. The monoisotopic (exact) mass is 1210 g/mol. The summed E-state index contributed by atoms with van der Waals surface area (Å²) in [5.74, 6) is 1.85. The van der Waals surface area contributed by atoms with E-state index in [1.54, 1.807) is 0 Å². The second-order valence-corrected chi connectivity index (χ2v) is 28.2. The summed E-state index contributed by atoms with van der Waals surface area (Å²) >= 11 is 0. The van der Waals surface area contributed by atoms with Gasteiger partial charge in [-0.3, -0.25) is 4.90 Å². The van der Waals surface area contributed by atoms with Crippen molar-refractivity contribution in [2.45, 2.75) is 76.3 Å². The summed E-state index contributed by atoms with van der Waals surface area (Å²) in [6, 6.07) is 82.2. The lowest BCUT2D eigenvalue weighted by Crippen LogP contribution is -2.56. The number of allylic oxidation sites excluding steroid dienone is 4. The fourth-order valence-corrected chi connectivity index (χ4v) is 16.6. The van der Waals surface area contributed by atoms with Crippen LogP contribution < -0.4 is 57.4 Å². The summed E-state index contributed by atoms with van der Waals surface area (Å²) in [6.45, 7) is 15.9. The van der Waals surface area contributed by atoms with E-state index in [-0.39, 0.29) is 38.1 Å². The summed E-state index contributed by atoms with van der Waals surface area (Å²) < 4.78 is 7.66. The number of benzene rings is 11. The Labute approximate surface area is 564 Å². The first kappa shape index (κ1) is 58.6. The molecule has 17 rings (SSSR count). The lowest BCUT2D eigenvalue weighted by atomic mass is 9.58. The normalized spacial score (nSPS) is 18.0. The van der Waals surface area contributed by atoms with Crippen LogP contribution in [0.25, 0.3) is 27.8 Å². The summed E-state index contributed by atoms with van der Waals surface area (Å²) in [4.78, 5) is 9.97. The van der Waals surface area contributed by atoms with Gasteiger partial charge in [0.1, 0.15) is 62.7 Å². The van der Waals surface area contributed by atoms with Gasteiger partial charge in [-0.1, -0.05) is 228 Å². The van der Waals surface area contributed by atoms with Crippen molar-refractivity contribution in [2.75, 3.05) is 19.6 Å². The van der Waals surface area contributed by atoms with Crippen molar-refractivity contribution >= 4 is 123 Å². The Bertz CT molecular complexity index is 5050. The molecule has 11 aromatic rings. The smallest absolute Gasteiger partial charge is 0.134 e. The van der Waals surface area contributed by atoms with Crippen molar-refractivity contribution in [3.63, 3.8) is 0 Å². The number of para-hydroxylation sites is 6. The molecule has 6 aliphatic heterocycles. The predicted molar refractivity (Wildman–Crippen MR) is 399 cm³/mol. The standard InChI is InChI=1S/C84H64B5N5O/c1-48-44-69(90)93-63-35-19-16-32-59(63)84(57-30-14-17-33-61(57)91(62-34-18-15-31-58(62)84)53-46-51(81(2,3)4)45-52(47-53)82(5,6)7)60-40-41-68-72(79(60)93)83(43-42-54(48)70-73(85)75(87)77(89)76(88)74(70)86)71-66(38-23-39-67(71)95-68)92-64-36-20-21-37-65(64)94(80(83)92)78-55(49-24-10-8-11-25-49)28-22-29-56(78)50-26-12-9-13-27-50/h8-47,80H,90H2,1-7H3/b43-42?,54-48?,69-44+. The maximum Gasteiger partial charge on any atom is 0.134 e. The number of nitrogens with two attached hydrogens (primary N) is 1. The molecule has 6 aliphatic rings. The largest absolute Gasteiger partial charge is 0.457 e. The third-order valence-electron chi connectivity index (χ3n) is 20.9. The molecule has 2 unspecified atom stereocenters. The van der Waals surface area contributed by atoms with Gasteiger partial charge < -0.3 is 25.2 Å². The molecule has 0 saturated heterocycles. The molecule has 6 heterocycles. The molecule has 0 aromatic heterocycles. The Kier molecular flexibility index (Phi) is 12.9. The Morgan fingerprint density at radius 2 is 0.895 bits per heavy atom. The second kappa shape index (κ2) is 20.9. The van der Waals surface area contributed by atoms with Gasteiger partial charge in [-0.15, -0.1) is 16.4 Å². The average Bonchev–Trinajstić information content (AvgIpc) is 1.63. The highest BCUT2D eigenvalue weighted by molar-refractivity contribution is 6.68. The molecule has 11 heteroatoms. The van der Waals surface area contributed by atoms with Crippen molar-refractivity contribution in [1.29, 1.82) is 0 Å². The van der Waals surface area contributed by atoms with Gasteiger partial charge in [0.2, 0.25) is 0 Å². The first-order chi connectivity index (χ1) is 45.8. The summed E-state index contributed by atoms with van der Waals surface area (Å²) in [5, 5.41) is 0. The van der Waals surface area contributed by atoms with Crippen LogP contribution in [0, 0.1) is 0 Å². The zero-order valence-electron chi connectivity index (χ0n) is 54.3. The second-order valence-electron chi connectivity index (χ2n) is 28.2. The molecule has 6 nitrogen and oxygen atoms in total. The summed E-state index contributed by atoms with van der Waals surface area (Å²) in [6.07, 6.45) is 6.01. The van der Waals surface area contributed by atoms with Gasteiger partial charge in [0.15, 0.2) is 0 Å². The average molecular weight is 1210 g/mol. The molecule has 10 radical (unpaired) electrons. The van der Waals surface area contributed by atoms with Crippen molar-refractivity contribution in [3.05, 3.63) is 304 Å². The molecular weight excluding hydrogens is 1150 g/mol. The minimum atomic E-state index is -1.21. The summed E-state index contributed by atoms with van der Waals surface area (Å²) in [5.41, 5.74) is 30.6. The van der Waals surface area contributed by atoms with Crippen LogP contribution in [-0.2, 0) is 21.7 Å². The van der Waals surface area contributed by atoms with Crippen molar-refractivity contribution in [2.24, 2.45) is 5.73 Å². The molecule has 2 N–H and O–H groups in total. The third-order valence-corrected chi connectivity index (χ3v) is 20.9. The lowest BCUT2D eigenvalue weighted by Gasteiger charge is -2.53. The van der Waals surface area contributed by atoms with Crippen LogP contribution >= 0.6 is 0 Å². The molecule has 0 bridgehead atoms. The predicted octanol–water partition coefficient (Wildman–Crippen LogP) is 15.1. The maximum atomic E-state index is 8.14. The molecule has 0 amide bonds. The molecule has 0 fully saturated rings. The van der Waals surface area contributed by atoms with Crippen molar-refractivity contribution < 1.29 is 4.74 Å². The Morgan fingerprint density at radius 1 is 0.432 bits per heavy atom. The molecular formula is C84H64B5N5O. The Morgan fingerprint density at radius 3 is 1.44 bits per heavy atom. The van der Waals surface area contributed by atoms with Crippen LogP contribution in [0.1, 0.15) is 98.5 Å². The number of ether oxygens (including phenoxy) is 1. The molecule has 0 aliphatic carbocycles. The van der Waals surface area contributed by atoms with E-state index in [4.69, 9.17) is 49.7 Å². The van der Waals surface area contributed by atoms with E-state index in [1.807, 2.05) is 6.08 Å². The van der Waals surface area contributed by atoms with Crippen molar-refractivity contribution in [1.82, 2.24) is 0 Å². The van der Waals surface area contributed by atoms with Crippen LogP contribution in [-0.4, -0.2) is 45.4 Å². The first-order valence-corrected chi connectivity index (χ1v) is 32.7. The van der Waals surface area contributed by atoms with E-state index >= 15 is 0 Å². The van der Waals surface area contributed by atoms with E-state index in [2.05, 4.69) is 305 Å². The van der Waals surface area contributed by atoms with Crippen LogP contribution in [0.15, 0.2) is 254 Å². The van der Waals surface area contributed by atoms with Crippen LogP contribution in [0.2, 0.25) is 0 Å². The van der Waals surface area contributed by atoms with Gasteiger partial charge in [-0.05, 0) is 146 Å². The van der Waals surface area contributed by atoms with Gasteiger partial charge in [0, 0.05) is 27.9 Å². The van der Waals surface area contributed by atoms with Crippen LogP contribution in [0.4, 0.5) is 51.2 Å². The van der Waals surface area contributed by atoms with Crippen LogP contribution in [0.3, 0.4) is 0 Å². The van der Waals surface area contributed by atoms with Crippen LogP contribution in [0.5, 0.6) is 11.5 Å². The SMILES string of the molecule is [B]c1c([B])c([B])c(C2=C(C)/C=C(\N)N3c4ccccc4C4(c5ccccc5N(c5cc(C(C)(C)C)cc(C(C)(C)C)c5)c5ccccc54)c4ccc5c(c43)C3(C=C2)c2c(cccc2N2c4ccccc4N(c4c(-c6ccccc6)cccc4-c4ccccc4)C23)O5)c([B])c1[B]. The highest BCUT2D eigenvalue weighted by Crippen LogP contribution is 2.72. The van der Waals surface area contributed by atoms with Gasteiger partial charge in [0.05, 0.1) is 56.3 Å². The maximum absolute atomic E-state index is 8.14. The fourth-order valence-electron chi connectivity index (χ4n) is 16.6. The van der Waals surface area contributed by atoms with Crippen molar-refractivity contribution in [3.8, 4) is 33.8 Å². The fraction of sp³-hybridized carbons (Fsp3) is 0.143. The highest BCUT2D eigenvalue weighted by Gasteiger charge is 2.65. The molecule has 0 saturated carbocycles. The summed E-state index contributed by atoms with van der Waals surface area (Å²) in [7, 11) is 34.9. The molecule has 95 heavy (non-hydrogen) atoms. The van der Waals surface area contributed by atoms with Gasteiger partial charge in [-0.25, -0.2) is 0 Å². The molecule has 2 atom stereocenters. The third kappa shape index (κ3) is 8.11. The van der Waals surface area contributed by atoms with E-state index in [0.29, 0.717) is 22.7 Å². The first-order valence-electron chi connectivity index (χ1n) is 32.7. The zero-order valence-corrected chi connectivity index (χ0v) is 54.3. The van der Waals surface area contributed by atoms with E-state index in [0.717, 1.165) is 118 Å². The Hall–Kier alpha value is -10.2. The number of anilines is 9. The van der Waals surface area contributed by atoms with E-state index in [9.17, 15) is 0 Å². The van der Waals surface area contributed by atoms with E-state index in [1.165, 1.54) is 11.1 Å². The number of rotatable bonds is 5. The van der Waals surface area contributed by atoms with E-state index < -0.39 is 17.0 Å². The van der Waals surface area contributed by atoms with Gasteiger partial charge in [0.25, 0.3) is 0 Å². The number of hydrogen-bond donors (Lipinski definition) is 1. The number of hydrogen-bond acceptors (Lipinski definition) is 6. The highest BCUT2D eigenvalue weighted by atomic mass is 16.5. The topological polar surface area (TPSA) is 48.2 Å². The number of fused-ring (bicyclic) bond motifs is 12.